The van der Waals surface area contributed by atoms with E-state index in [0.29, 0.717) is 6.42 Å². The number of aliphatic hydroxyl groups excluding tert-OH is 1. The smallest absolute Gasteiger partial charge is 0.220 e. The lowest BCUT2D eigenvalue weighted by atomic mass is 9.99. The van der Waals surface area contributed by atoms with E-state index in [0.717, 1.165) is 25.7 Å². The lowest BCUT2D eigenvalue weighted by Crippen LogP contribution is -2.59. The van der Waals surface area contributed by atoms with Gasteiger partial charge in [0.15, 0.2) is 16.6 Å². The molecule has 0 heterocycles. The van der Waals surface area contributed by atoms with Crippen LogP contribution in [0.2, 0.25) is 36.3 Å². The Balaban J connectivity index is 4.81. The molecule has 0 saturated heterocycles. The summed E-state index contributed by atoms with van der Waals surface area (Å²) in [7, 11) is -4.44. The molecule has 0 aliphatic rings. The molecule has 0 unspecified atom stereocenters. The van der Waals surface area contributed by atoms with Gasteiger partial charge in [-0.1, -0.05) is 274 Å². The topological polar surface area (TPSA) is 67.8 Å². The predicted octanol–water partition coefficient (Wildman–Crippen LogP) is 18.7. The summed E-state index contributed by atoms with van der Waals surface area (Å²) in [5.74, 6) is 0.0396. The Bertz CT molecular complexity index is 1020. The molecule has 0 saturated carbocycles. The van der Waals surface area contributed by atoms with Crippen molar-refractivity contribution >= 4 is 22.5 Å². The number of hydrogen-bond acceptors (Lipinski definition) is 4. The van der Waals surface area contributed by atoms with Crippen LogP contribution in [0, 0.1) is 0 Å². The molecule has 0 bridgehead atoms. The summed E-state index contributed by atoms with van der Waals surface area (Å²) in [6.45, 7) is 27.4. The molecule has 2 N–H and O–H groups in total. The number of amides is 1. The third-order valence-corrected chi connectivity index (χ3v) is 24.1. The van der Waals surface area contributed by atoms with E-state index in [9.17, 15) is 9.90 Å². The van der Waals surface area contributed by atoms with E-state index in [-0.39, 0.29) is 34.8 Å². The van der Waals surface area contributed by atoms with Crippen molar-refractivity contribution in [1.29, 1.82) is 0 Å². The number of aliphatic hydroxyl groups is 1. The molecule has 0 aromatic heterocycles. The van der Waals surface area contributed by atoms with Gasteiger partial charge in [0.2, 0.25) is 5.91 Å². The molecule has 3 atom stereocenters. The van der Waals surface area contributed by atoms with E-state index in [1.54, 1.807) is 0 Å². The molecule has 1 amide bonds. The summed E-state index contributed by atoms with van der Waals surface area (Å²) in [4.78, 5) is 13.5. The van der Waals surface area contributed by atoms with Gasteiger partial charge in [-0.3, -0.25) is 4.79 Å². The van der Waals surface area contributed by atoms with Gasteiger partial charge in [0.25, 0.3) is 0 Å². The summed E-state index contributed by atoms with van der Waals surface area (Å²) in [5, 5.41) is 14.3. The van der Waals surface area contributed by atoms with Gasteiger partial charge in [-0.15, -0.1) is 0 Å². The number of unbranched alkanes of at least 4 members (excludes halogenated alkanes) is 33. The first-order valence-corrected chi connectivity index (χ1v) is 34.0. The van der Waals surface area contributed by atoms with Crippen molar-refractivity contribution in [2.24, 2.45) is 0 Å². The van der Waals surface area contributed by atoms with Crippen LogP contribution in [0.15, 0.2) is 0 Å². The van der Waals surface area contributed by atoms with Gasteiger partial charge in [-0.2, -0.15) is 0 Å². The van der Waals surface area contributed by atoms with Gasteiger partial charge >= 0.3 is 0 Å². The second-order valence-corrected chi connectivity index (χ2v) is 32.8. The van der Waals surface area contributed by atoms with Crippen LogP contribution >= 0.6 is 0 Å². The molecule has 7 heteroatoms. The van der Waals surface area contributed by atoms with Gasteiger partial charge in [-0.05, 0) is 49.1 Å². The molecule has 5 nitrogen and oxygen atoms in total. The van der Waals surface area contributed by atoms with Crippen molar-refractivity contribution in [2.75, 3.05) is 6.61 Å². The Morgan fingerprint density at radius 3 is 1.00 bits per heavy atom. The Labute approximate surface area is 399 Å². The Morgan fingerprint density at radius 2 is 0.714 bits per heavy atom. The molecule has 0 rings (SSSR count). The molecular formula is C56H117NO4Si2. The van der Waals surface area contributed by atoms with Gasteiger partial charge in [0.1, 0.15) is 0 Å². The fraction of sp³-hybridized carbons (Fsp3) is 0.982. The van der Waals surface area contributed by atoms with E-state index in [4.69, 9.17) is 8.85 Å². The lowest BCUT2D eigenvalue weighted by molar-refractivity contribution is -0.124. The lowest BCUT2D eigenvalue weighted by Gasteiger charge is -2.47. The van der Waals surface area contributed by atoms with Crippen LogP contribution in [0.3, 0.4) is 0 Å². The number of rotatable bonds is 45. The van der Waals surface area contributed by atoms with Gasteiger partial charge in [0.05, 0.1) is 24.9 Å². The highest BCUT2D eigenvalue weighted by atomic mass is 28.4. The van der Waals surface area contributed by atoms with Crippen LogP contribution in [-0.2, 0) is 13.6 Å². The quantitative estimate of drug-likeness (QED) is 0.0472. The molecule has 0 radical (unpaired) electrons. The van der Waals surface area contributed by atoms with Crippen LogP contribution in [0.1, 0.15) is 293 Å². The standard InChI is InChI=1S/C56H117NO4Si2/c1-13-15-17-19-21-23-25-27-28-29-30-31-32-33-34-35-36-37-39-41-43-45-47-49-53(59)57-51(50-58)54(61-63(11,12)56(6,7)8)52(60-62(9,10)55(3,4)5)48-46-44-42-40-38-26-24-22-20-18-16-14-2/h51-52,54,58H,13-50H2,1-12H3,(H,57,59)/t51-,52+,54-/m0/s1. The van der Waals surface area contributed by atoms with Gasteiger partial charge in [-0.25, -0.2) is 0 Å². The zero-order valence-electron chi connectivity index (χ0n) is 45.3. The molecular weight excluding hydrogens is 807 g/mol. The van der Waals surface area contributed by atoms with Crippen molar-refractivity contribution in [3.63, 3.8) is 0 Å². The monoisotopic (exact) mass is 924 g/mol. The average molecular weight is 925 g/mol. The van der Waals surface area contributed by atoms with Crippen LogP contribution in [0.25, 0.3) is 0 Å². The predicted molar refractivity (Wildman–Crippen MR) is 285 cm³/mol. The van der Waals surface area contributed by atoms with Crippen LogP contribution in [-0.4, -0.2) is 52.5 Å². The molecule has 0 aliphatic carbocycles. The van der Waals surface area contributed by atoms with E-state index < -0.39 is 22.7 Å². The fourth-order valence-electron chi connectivity index (χ4n) is 8.55. The summed E-state index contributed by atoms with van der Waals surface area (Å²) >= 11 is 0. The molecule has 0 fully saturated rings. The highest BCUT2D eigenvalue weighted by molar-refractivity contribution is 6.74. The van der Waals surface area contributed by atoms with Crippen molar-refractivity contribution in [3.05, 3.63) is 0 Å². The summed E-state index contributed by atoms with van der Waals surface area (Å²) < 4.78 is 14.5. The number of hydrogen-bond donors (Lipinski definition) is 2. The normalized spacial score (nSPS) is 14.3. The molecule has 0 aromatic carbocycles. The molecule has 0 spiro atoms. The molecule has 0 aromatic rings. The first-order chi connectivity index (χ1) is 29.9. The van der Waals surface area contributed by atoms with E-state index in [1.807, 2.05) is 0 Å². The maximum atomic E-state index is 13.5. The first-order valence-electron chi connectivity index (χ1n) is 28.2. The third-order valence-electron chi connectivity index (χ3n) is 15.1. The summed E-state index contributed by atoms with van der Waals surface area (Å²) in [5.41, 5.74) is 0. The number of carbonyl (C=O) groups excluding carboxylic acids is 1. The highest BCUT2D eigenvalue weighted by Gasteiger charge is 2.46. The third kappa shape index (κ3) is 33.8. The average Bonchev–Trinajstić information content (AvgIpc) is 3.21. The van der Waals surface area contributed by atoms with Crippen molar-refractivity contribution in [1.82, 2.24) is 5.32 Å². The Hall–Kier alpha value is -0.216. The van der Waals surface area contributed by atoms with E-state index >= 15 is 0 Å². The van der Waals surface area contributed by atoms with E-state index in [1.165, 1.54) is 205 Å². The number of carbonyl (C=O) groups is 1. The van der Waals surface area contributed by atoms with Gasteiger partial charge in [0, 0.05) is 6.42 Å². The molecule has 378 valence electrons. The fourth-order valence-corrected chi connectivity index (χ4v) is 11.3. The summed E-state index contributed by atoms with van der Waals surface area (Å²) in [6.07, 6.45) is 48.1. The maximum Gasteiger partial charge on any atom is 0.220 e. The first kappa shape index (κ1) is 62.8. The Morgan fingerprint density at radius 1 is 0.444 bits per heavy atom. The Kier molecular flexibility index (Phi) is 38.6. The second-order valence-electron chi connectivity index (χ2n) is 23.3. The van der Waals surface area contributed by atoms with Crippen molar-refractivity contribution < 1.29 is 18.8 Å². The SMILES string of the molecule is CCCCCCCCCCCCCCCCCCCCCCCCCC(=O)N[C@@H](CO)[C@H](O[Si](C)(C)C(C)(C)C)[C@@H](CCCCCCCCCCCCCC)O[Si](C)(C)C(C)(C)C. The maximum absolute atomic E-state index is 13.5. The zero-order chi connectivity index (χ0) is 47.3. The van der Waals surface area contributed by atoms with Crippen LogP contribution in [0.4, 0.5) is 0 Å². The van der Waals surface area contributed by atoms with Crippen molar-refractivity contribution in [3.8, 4) is 0 Å². The molecule has 0 aliphatic heterocycles. The van der Waals surface area contributed by atoms with Crippen LogP contribution in [0.5, 0.6) is 0 Å². The minimum absolute atomic E-state index is 0.00146. The highest BCUT2D eigenvalue weighted by Crippen LogP contribution is 2.42. The summed E-state index contributed by atoms with van der Waals surface area (Å²) in [6, 6.07) is -0.483. The number of nitrogens with one attached hydrogen (secondary N) is 1. The minimum atomic E-state index is -2.27. The second kappa shape index (κ2) is 38.7. The zero-order valence-corrected chi connectivity index (χ0v) is 47.3. The van der Waals surface area contributed by atoms with Crippen molar-refractivity contribution in [2.45, 2.75) is 347 Å². The van der Waals surface area contributed by atoms with Gasteiger partial charge < -0.3 is 19.3 Å². The van der Waals surface area contributed by atoms with Crippen LogP contribution < -0.4 is 5.32 Å². The van der Waals surface area contributed by atoms with E-state index in [2.05, 4.69) is 86.9 Å². The largest absolute Gasteiger partial charge is 0.411 e. The minimum Gasteiger partial charge on any atom is -0.411 e. The molecule has 63 heavy (non-hydrogen) atoms.